The Kier molecular flexibility index (Phi) is 10.3. The van der Waals surface area contributed by atoms with Crippen molar-refractivity contribution in [2.75, 3.05) is 18.5 Å². The van der Waals surface area contributed by atoms with Gasteiger partial charge in [-0.3, -0.25) is 9.69 Å². The van der Waals surface area contributed by atoms with E-state index in [2.05, 4.69) is 22.5 Å². The van der Waals surface area contributed by atoms with Gasteiger partial charge in [-0.15, -0.1) is 6.58 Å². The molecule has 7 nitrogen and oxygen atoms in total. The van der Waals surface area contributed by atoms with Crippen molar-refractivity contribution in [3.05, 3.63) is 112 Å². The van der Waals surface area contributed by atoms with Crippen LogP contribution in [0.15, 0.2) is 83.9 Å². The molecule has 10 heteroatoms. The molecule has 2 amide bonds. The number of carbonyl (C=O) groups is 3. The zero-order chi connectivity index (χ0) is 32.2. The first-order valence-electron chi connectivity index (χ1n) is 14.0. The minimum Gasteiger partial charge on any atom is -0.443 e. The van der Waals surface area contributed by atoms with Gasteiger partial charge in [0.2, 0.25) is 0 Å². The van der Waals surface area contributed by atoms with Crippen LogP contribution < -0.4 is 4.90 Å². The van der Waals surface area contributed by atoms with Gasteiger partial charge in [-0.25, -0.2) is 18.5 Å². The summed E-state index contributed by atoms with van der Waals surface area (Å²) in [6.45, 7) is 8.95. The van der Waals surface area contributed by atoms with Crippen molar-refractivity contribution in [2.45, 2.75) is 45.8 Å². The highest BCUT2D eigenvalue weighted by molar-refractivity contribution is 9.10. The molecule has 0 aliphatic rings. The van der Waals surface area contributed by atoms with Crippen LogP contribution in [-0.4, -0.2) is 46.6 Å². The first-order valence-corrected chi connectivity index (χ1v) is 15.1. The monoisotopic (exact) mass is 681 g/mol. The van der Waals surface area contributed by atoms with E-state index in [1.54, 1.807) is 70.3 Å². The predicted molar refractivity (Wildman–Crippen MR) is 176 cm³/mol. The SMILES string of the molecule is C=CCc1c(CC(=O)CN(Cc2cc(F)cc(Br)c2)C(=O)N(C)c2ccc(Cl)cc2)c2ccccc2n1C(=O)OC(C)(C)C. The molecule has 4 rings (SSSR count). The Labute approximate surface area is 270 Å². The molecule has 0 fully saturated rings. The molecule has 0 saturated carbocycles. The summed E-state index contributed by atoms with van der Waals surface area (Å²) in [5.41, 5.74) is 2.22. The molecule has 0 bridgehead atoms. The van der Waals surface area contributed by atoms with Gasteiger partial charge in [0.25, 0.3) is 0 Å². The Morgan fingerprint density at radius 3 is 2.39 bits per heavy atom. The van der Waals surface area contributed by atoms with E-state index in [4.69, 9.17) is 16.3 Å². The molecule has 1 aromatic heterocycles. The molecular weight excluding hydrogens is 649 g/mol. The summed E-state index contributed by atoms with van der Waals surface area (Å²) in [7, 11) is 1.60. The third-order valence-corrected chi connectivity index (χ3v) is 7.52. The number of nitrogens with zero attached hydrogens (tertiary/aromatic N) is 3. The normalized spacial score (nSPS) is 11.3. The molecule has 230 valence electrons. The molecule has 4 aromatic rings. The number of allylic oxidation sites excluding steroid dienone is 1. The second kappa shape index (κ2) is 13.8. The fourth-order valence-electron chi connectivity index (χ4n) is 4.99. The number of halogens is 3. The molecule has 0 aliphatic carbocycles. The van der Waals surface area contributed by atoms with E-state index in [9.17, 15) is 18.8 Å². The van der Waals surface area contributed by atoms with E-state index in [1.807, 2.05) is 18.2 Å². The topological polar surface area (TPSA) is 71.9 Å². The van der Waals surface area contributed by atoms with Crippen LogP contribution in [0, 0.1) is 5.82 Å². The molecule has 0 saturated heterocycles. The summed E-state index contributed by atoms with van der Waals surface area (Å²) >= 11 is 9.34. The maximum atomic E-state index is 14.3. The third kappa shape index (κ3) is 7.95. The summed E-state index contributed by atoms with van der Waals surface area (Å²) in [6, 6.07) is 17.9. The highest BCUT2D eigenvalue weighted by Gasteiger charge is 2.28. The zero-order valence-corrected chi connectivity index (χ0v) is 27.4. The number of rotatable bonds is 9. The molecule has 0 aliphatic heterocycles. The number of fused-ring (bicyclic) bond motifs is 1. The second-order valence-corrected chi connectivity index (χ2v) is 12.8. The summed E-state index contributed by atoms with van der Waals surface area (Å²) in [6.07, 6.45) is 1.38. The molecule has 0 N–H and O–H groups in total. The first-order chi connectivity index (χ1) is 20.8. The van der Waals surface area contributed by atoms with Gasteiger partial charge in [0.15, 0.2) is 5.78 Å². The van der Waals surface area contributed by atoms with Crippen molar-refractivity contribution in [1.29, 1.82) is 0 Å². The maximum Gasteiger partial charge on any atom is 0.419 e. The van der Waals surface area contributed by atoms with Crippen molar-refractivity contribution in [1.82, 2.24) is 9.47 Å². The minimum atomic E-state index is -0.729. The van der Waals surface area contributed by atoms with Crippen molar-refractivity contribution >= 4 is 62.0 Å². The molecule has 0 spiro atoms. The van der Waals surface area contributed by atoms with Crippen molar-refractivity contribution < 1.29 is 23.5 Å². The maximum absolute atomic E-state index is 14.3. The number of hydrogen-bond donors (Lipinski definition) is 0. The van der Waals surface area contributed by atoms with Gasteiger partial charge in [-0.2, -0.15) is 0 Å². The zero-order valence-electron chi connectivity index (χ0n) is 25.1. The Morgan fingerprint density at radius 1 is 1.07 bits per heavy atom. The van der Waals surface area contributed by atoms with E-state index in [-0.39, 0.29) is 25.3 Å². The van der Waals surface area contributed by atoms with Crippen LogP contribution in [0.5, 0.6) is 0 Å². The highest BCUT2D eigenvalue weighted by Crippen LogP contribution is 2.29. The second-order valence-electron chi connectivity index (χ2n) is 11.4. The molecule has 44 heavy (non-hydrogen) atoms. The van der Waals surface area contributed by atoms with Gasteiger partial charge in [-0.1, -0.05) is 51.8 Å². The van der Waals surface area contributed by atoms with E-state index < -0.39 is 23.5 Å². The molecular formula is C34H34BrClFN3O4. The van der Waals surface area contributed by atoms with Crippen LogP contribution in [-0.2, 0) is 28.9 Å². The Bertz CT molecular complexity index is 1690. The Balaban J connectivity index is 1.70. The number of amides is 2. The summed E-state index contributed by atoms with van der Waals surface area (Å²) in [5, 5.41) is 1.25. The number of para-hydroxylation sites is 1. The highest BCUT2D eigenvalue weighted by atomic mass is 79.9. The molecule has 0 atom stereocenters. The van der Waals surface area contributed by atoms with E-state index in [1.165, 1.54) is 26.5 Å². The number of urea groups is 1. The lowest BCUT2D eigenvalue weighted by atomic mass is 10.0. The number of ketones is 1. The molecule has 3 aromatic carbocycles. The number of Topliss-reactive ketones (excluding diaryl/α,β-unsaturated/α-hetero) is 1. The average molecular weight is 683 g/mol. The van der Waals surface area contributed by atoms with Gasteiger partial charge in [0.05, 0.1) is 12.1 Å². The van der Waals surface area contributed by atoms with Crippen LogP contribution in [0.2, 0.25) is 5.02 Å². The fraction of sp³-hybridized carbons (Fsp3) is 0.265. The Morgan fingerprint density at radius 2 is 1.75 bits per heavy atom. The third-order valence-electron chi connectivity index (χ3n) is 6.81. The van der Waals surface area contributed by atoms with E-state index in [0.29, 0.717) is 43.9 Å². The van der Waals surface area contributed by atoms with Gasteiger partial charge in [-0.05, 0) is 80.4 Å². The fourth-order valence-corrected chi connectivity index (χ4v) is 5.63. The number of anilines is 1. The number of aromatic nitrogens is 1. The first kappa shape index (κ1) is 33.0. The van der Waals surface area contributed by atoms with Crippen LogP contribution in [0.3, 0.4) is 0 Å². The molecule has 0 radical (unpaired) electrons. The quantitative estimate of drug-likeness (QED) is 0.166. The van der Waals surface area contributed by atoms with Gasteiger partial charge in [0.1, 0.15) is 11.4 Å². The van der Waals surface area contributed by atoms with Gasteiger partial charge in [0, 0.05) is 52.7 Å². The van der Waals surface area contributed by atoms with Gasteiger partial charge < -0.3 is 9.64 Å². The van der Waals surface area contributed by atoms with E-state index >= 15 is 0 Å². The summed E-state index contributed by atoms with van der Waals surface area (Å²) < 4.78 is 22.0. The standard InChI is InChI=1S/C34H34BrClFN3O4/c1-6-9-30-29(28-10-7-8-11-31(28)40(30)33(43)44-34(2,3)4)19-27(41)21-39(20-22-16-23(35)18-25(37)17-22)32(42)38(5)26-14-12-24(36)13-15-26/h6-8,10-18H,1,9,19-21H2,2-5H3. The van der Waals surface area contributed by atoms with Crippen molar-refractivity contribution in [3.8, 4) is 0 Å². The van der Waals surface area contributed by atoms with Crippen LogP contribution >= 0.6 is 27.5 Å². The lowest BCUT2D eigenvalue weighted by Crippen LogP contribution is -2.43. The van der Waals surface area contributed by atoms with Crippen molar-refractivity contribution in [2.24, 2.45) is 0 Å². The summed E-state index contributed by atoms with van der Waals surface area (Å²) in [5.74, 6) is -0.737. The van der Waals surface area contributed by atoms with Crippen LogP contribution in [0.4, 0.5) is 19.7 Å². The predicted octanol–water partition coefficient (Wildman–Crippen LogP) is 8.58. The Hall–Kier alpha value is -3.95. The summed E-state index contributed by atoms with van der Waals surface area (Å²) in [4.78, 5) is 43.7. The molecule has 1 heterocycles. The minimum absolute atomic E-state index is 0.0158. The number of carbonyl (C=O) groups excluding carboxylic acids is 3. The van der Waals surface area contributed by atoms with Crippen molar-refractivity contribution in [3.63, 3.8) is 0 Å². The smallest absolute Gasteiger partial charge is 0.419 e. The number of ether oxygens (including phenoxy) is 1. The number of hydrogen-bond acceptors (Lipinski definition) is 4. The van der Waals surface area contributed by atoms with Crippen LogP contribution in [0.25, 0.3) is 10.9 Å². The largest absolute Gasteiger partial charge is 0.443 e. The molecule has 0 unspecified atom stereocenters. The average Bonchev–Trinajstić information content (AvgIpc) is 3.24. The number of benzene rings is 3. The van der Waals surface area contributed by atoms with E-state index in [0.717, 1.165) is 5.39 Å². The van der Waals surface area contributed by atoms with Crippen LogP contribution in [0.1, 0.15) is 37.6 Å². The lowest BCUT2D eigenvalue weighted by molar-refractivity contribution is -0.119. The van der Waals surface area contributed by atoms with Gasteiger partial charge >= 0.3 is 12.1 Å². The lowest BCUT2D eigenvalue weighted by Gasteiger charge is -2.28.